The van der Waals surface area contributed by atoms with Gasteiger partial charge in [-0.3, -0.25) is 0 Å². The van der Waals surface area contributed by atoms with Crippen molar-refractivity contribution < 1.29 is 43.4 Å². The quantitative estimate of drug-likeness (QED) is 0.213. The van der Waals surface area contributed by atoms with Gasteiger partial charge >= 0.3 is 28.9 Å². The Morgan fingerprint density at radius 3 is 1.76 bits per heavy atom. The van der Waals surface area contributed by atoms with E-state index in [0.29, 0.717) is 14.2 Å². The zero-order chi connectivity index (χ0) is 20.8. The summed E-state index contributed by atoms with van der Waals surface area (Å²) in [6, 6.07) is 0. The predicted molar refractivity (Wildman–Crippen MR) is 105 cm³/mol. The normalized spacial score (nSPS) is 24.0. The molecule has 3 aliphatic carbocycles. The van der Waals surface area contributed by atoms with Crippen molar-refractivity contribution in [3.8, 4) is 0 Å². The maximum atomic E-state index is 13.0. The Labute approximate surface area is 185 Å². The topological polar surface area (TPSA) is 0 Å². The summed E-state index contributed by atoms with van der Waals surface area (Å²) in [5.41, 5.74) is -0.377. The molecule has 3 fully saturated rings. The summed E-state index contributed by atoms with van der Waals surface area (Å²) < 4.78 is 78.0. The van der Waals surface area contributed by atoms with Crippen molar-refractivity contribution >= 4 is 16.5 Å². The number of hydrogen-bond acceptors (Lipinski definition) is 0. The molecule has 29 heavy (non-hydrogen) atoms. The van der Waals surface area contributed by atoms with Gasteiger partial charge in [0.25, 0.3) is 0 Å². The zero-order valence-electron chi connectivity index (χ0n) is 15.9. The van der Waals surface area contributed by atoms with Gasteiger partial charge in [-0.25, -0.2) is 0 Å². The second-order valence-electron chi connectivity index (χ2n) is 6.82. The van der Waals surface area contributed by atoms with Crippen molar-refractivity contribution in [2.45, 2.75) is 62.2 Å². The second-order valence-corrected chi connectivity index (χ2v) is 11.0. The summed E-state index contributed by atoms with van der Waals surface area (Å²) in [5, 5.41) is 0. The molecule has 0 amide bonds. The summed E-state index contributed by atoms with van der Waals surface area (Å²) in [4.78, 5) is 0. The van der Waals surface area contributed by atoms with E-state index in [-0.39, 0.29) is 28.6 Å². The third-order valence-electron chi connectivity index (χ3n) is 4.69. The summed E-state index contributed by atoms with van der Waals surface area (Å²) in [6.45, 7) is 1.76. The maximum Gasteiger partial charge on any atom is 2.00 e. The molecule has 1 unspecified atom stereocenters. The minimum Gasteiger partial charge on any atom is -0.167 e. The standard InChI is InChI=1S/C15H19F6P2.C5H5.Fe/c1-10(22-11-6-3-2-4-7-11)12-8-5-9-13(12)23(14(16,17)18)15(19,20)21;1-2-4-5-3-1;/h5,8-11,22H,2-4,6-7H2,1H3;1-5H;/q;;+2/t10-;;/m1../s1. The van der Waals surface area contributed by atoms with Gasteiger partial charge in [-0.05, 0) is 81.4 Å². The monoisotopic (exact) mass is 496 g/mol. The van der Waals surface area contributed by atoms with Gasteiger partial charge in [0.2, 0.25) is 0 Å². The van der Waals surface area contributed by atoms with Crippen molar-refractivity contribution in [2.24, 2.45) is 0 Å². The largest absolute Gasteiger partial charge is 2.00 e. The Morgan fingerprint density at radius 1 is 0.828 bits per heavy atom. The van der Waals surface area contributed by atoms with Gasteiger partial charge in [0, 0.05) is 5.66 Å². The molecule has 0 heterocycles. The maximum absolute atomic E-state index is 13.0. The van der Waals surface area contributed by atoms with Crippen LogP contribution in [-0.2, 0) is 17.1 Å². The van der Waals surface area contributed by atoms with Crippen molar-refractivity contribution in [1.82, 2.24) is 0 Å². The summed E-state index contributed by atoms with van der Waals surface area (Å²) in [5.74, 6) is -10.3. The molecule has 0 aromatic carbocycles. The second kappa shape index (κ2) is 12.9. The average Bonchev–Trinajstić information content (AvgIpc) is 3.28. The van der Waals surface area contributed by atoms with Gasteiger partial charge in [0.1, 0.15) is 7.92 Å². The number of rotatable bonds is 4. The molecular formula is C20H24F6FeP2+2. The van der Waals surface area contributed by atoms with Crippen LogP contribution in [-0.4, -0.2) is 23.2 Å². The third kappa shape index (κ3) is 9.15. The van der Waals surface area contributed by atoms with Gasteiger partial charge < -0.3 is 0 Å². The molecule has 3 aliphatic rings. The van der Waals surface area contributed by atoms with Crippen LogP contribution in [0.1, 0.15) is 39.0 Å². The van der Waals surface area contributed by atoms with Crippen LogP contribution in [0.2, 0.25) is 0 Å². The predicted octanol–water partition coefficient (Wildman–Crippen LogP) is 7.66. The van der Waals surface area contributed by atoms with Crippen LogP contribution in [0.3, 0.4) is 0 Å². The van der Waals surface area contributed by atoms with E-state index in [1.54, 1.807) is 6.92 Å². The van der Waals surface area contributed by atoms with Crippen LogP contribution in [0.25, 0.3) is 0 Å². The van der Waals surface area contributed by atoms with Gasteiger partial charge in [-0.15, -0.1) is 8.58 Å². The van der Waals surface area contributed by atoms with Crippen LogP contribution >= 0.6 is 16.5 Å². The molecule has 3 saturated carbocycles. The summed E-state index contributed by atoms with van der Waals surface area (Å²) >= 11 is 0. The minimum atomic E-state index is -5.26. The molecule has 0 spiro atoms. The number of hydrogen-bond donors (Lipinski definition) is 0. The van der Waals surface area contributed by atoms with Gasteiger partial charge in [0.15, 0.2) is 0 Å². The van der Waals surface area contributed by atoms with Gasteiger partial charge in [-0.2, -0.15) is 26.3 Å². The molecule has 0 aliphatic heterocycles. The first-order valence-corrected chi connectivity index (χ1v) is 11.7. The van der Waals surface area contributed by atoms with Crippen LogP contribution in [0.4, 0.5) is 26.3 Å². The van der Waals surface area contributed by atoms with Crippen LogP contribution in [0.5, 0.6) is 0 Å². The van der Waals surface area contributed by atoms with E-state index in [1.165, 1.54) is 19.3 Å². The molecule has 0 bridgehead atoms. The van der Waals surface area contributed by atoms with Crippen LogP contribution in [0.15, 0.2) is 0 Å². The van der Waals surface area contributed by atoms with Crippen molar-refractivity contribution in [3.05, 3.63) is 62.9 Å². The first kappa shape index (κ1) is 28.0. The fourth-order valence-corrected chi connectivity index (χ4v) is 7.04. The fraction of sp³-hybridized carbons (Fsp3) is 0.500. The Bertz CT molecular complexity index is 426. The smallest absolute Gasteiger partial charge is 0.167 e. The molecule has 0 aromatic rings. The SMILES string of the molecule is C[C@@H](PC1CCCCC1)[C]1[CH][CH][CH][C]1P(C(F)(F)F)C(F)(F)F.[CH]1[CH][CH][CH][CH]1.[Fe+2]. The minimum absolute atomic E-state index is 0. The molecule has 0 aromatic heterocycles. The van der Waals surface area contributed by atoms with E-state index in [4.69, 9.17) is 0 Å². The molecular weight excluding hydrogens is 472 g/mol. The Kier molecular flexibility index (Phi) is 12.4. The van der Waals surface area contributed by atoms with Crippen molar-refractivity contribution in [3.63, 3.8) is 0 Å². The third-order valence-corrected chi connectivity index (χ3v) is 8.45. The molecule has 2 atom stereocenters. The fourth-order valence-electron chi connectivity index (χ4n) is 3.44. The Hall–Kier alpha value is 0.959. The van der Waals surface area contributed by atoms with Gasteiger partial charge in [0.05, 0.1) is 0 Å². The first-order chi connectivity index (χ1) is 13.1. The molecule has 0 N–H and O–H groups in total. The first-order valence-electron chi connectivity index (χ1n) is 9.23. The zero-order valence-corrected chi connectivity index (χ0v) is 18.9. The molecule has 0 saturated heterocycles. The van der Waals surface area contributed by atoms with E-state index < -0.39 is 25.4 Å². The molecule has 9 heteroatoms. The summed E-state index contributed by atoms with van der Waals surface area (Å²) in [6.07, 6.45) is 19.2. The molecule has 3 rings (SSSR count). The van der Waals surface area contributed by atoms with Crippen LogP contribution in [0, 0.1) is 62.9 Å². The average molecular weight is 496 g/mol. The van der Waals surface area contributed by atoms with Crippen molar-refractivity contribution in [2.75, 3.05) is 0 Å². The number of halogens is 6. The van der Waals surface area contributed by atoms with Gasteiger partial charge in [-0.1, -0.05) is 26.2 Å². The van der Waals surface area contributed by atoms with E-state index in [0.717, 1.165) is 32.1 Å². The number of alkyl halides is 6. The van der Waals surface area contributed by atoms with E-state index in [9.17, 15) is 26.3 Å². The van der Waals surface area contributed by atoms with E-state index in [2.05, 4.69) is 0 Å². The van der Waals surface area contributed by atoms with Crippen LogP contribution < -0.4 is 0 Å². The summed E-state index contributed by atoms with van der Waals surface area (Å²) in [7, 11) is -3.79. The Morgan fingerprint density at radius 2 is 1.31 bits per heavy atom. The van der Waals surface area contributed by atoms with E-state index in [1.807, 2.05) is 32.1 Å². The van der Waals surface area contributed by atoms with E-state index >= 15 is 0 Å². The molecule has 10 radical (unpaired) electrons. The molecule has 162 valence electrons. The molecule has 0 nitrogen and oxygen atoms in total. The van der Waals surface area contributed by atoms with Crippen molar-refractivity contribution in [1.29, 1.82) is 0 Å². The Balaban J connectivity index is 0.000000610.